The molecule has 0 aromatic heterocycles. The Labute approximate surface area is 149 Å². The van der Waals surface area contributed by atoms with E-state index in [0.29, 0.717) is 6.61 Å². The molecule has 0 aliphatic carbocycles. The summed E-state index contributed by atoms with van der Waals surface area (Å²) in [7, 11) is 1.62. The highest BCUT2D eigenvalue weighted by molar-refractivity contribution is 5.76. The molecule has 0 amide bonds. The lowest BCUT2D eigenvalue weighted by atomic mass is 9.71. The van der Waals surface area contributed by atoms with Crippen LogP contribution in [0.25, 0.3) is 0 Å². The number of hydrogen-bond acceptors (Lipinski definition) is 5. The molecule has 0 spiro atoms. The van der Waals surface area contributed by atoms with Crippen LogP contribution < -0.4 is 4.74 Å². The van der Waals surface area contributed by atoms with Crippen LogP contribution in [0, 0.1) is 23.2 Å². The van der Waals surface area contributed by atoms with E-state index in [9.17, 15) is 10.1 Å². The molecule has 0 bridgehead atoms. The summed E-state index contributed by atoms with van der Waals surface area (Å²) in [6, 6.07) is 9.81. The summed E-state index contributed by atoms with van der Waals surface area (Å²) in [6.45, 7) is 6.76. The fourth-order valence-electron chi connectivity index (χ4n) is 3.66. The summed E-state index contributed by atoms with van der Waals surface area (Å²) in [6.07, 6.45) is 1.61. The van der Waals surface area contributed by atoms with Crippen LogP contribution in [0.5, 0.6) is 5.75 Å². The molecule has 1 heterocycles. The van der Waals surface area contributed by atoms with Gasteiger partial charge < -0.3 is 14.2 Å². The predicted molar refractivity (Wildman–Crippen MR) is 94.2 cm³/mol. The van der Waals surface area contributed by atoms with E-state index in [1.807, 2.05) is 24.3 Å². The molecule has 2 rings (SSSR count). The van der Waals surface area contributed by atoms with Crippen molar-refractivity contribution in [3.05, 3.63) is 29.8 Å². The fourth-order valence-corrected chi connectivity index (χ4v) is 3.66. The highest BCUT2D eigenvalue weighted by atomic mass is 16.5. The number of nitriles is 1. The summed E-state index contributed by atoms with van der Waals surface area (Å²) < 4.78 is 16.2. The fraction of sp³-hybridized carbons (Fsp3) is 0.600. The lowest BCUT2D eigenvalue weighted by Crippen LogP contribution is -2.39. The van der Waals surface area contributed by atoms with E-state index < -0.39 is 11.9 Å². The molecular formula is C20H27NO4. The molecule has 3 atom stereocenters. The highest BCUT2D eigenvalue weighted by Gasteiger charge is 2.41. The Morgan fingerprint density at radius 1 is 1.40 bits per heavy atom. The van der Waals surface area contributed by atoms with Gasteiger partial charge in [-0.2, -0.15) is 5.26 Å². The van der Waals surface area contributed by atoms with E-state index in [1.54, 1.807) is 14.0 Å². The first-order valence-electron chi connectivity index (χ1n) is 8.76. The molecule has 136 valence electrons. The summed E-state index contributed by atoms with van der Waals surface area (Å²) in [4.78, 5) is 12.4. The Hall–Kier alpha value is -2.06. The quantitative estimate of drug-likeness (QED) is 0.736. The Kier molecular flexibility index (Phi) is 6.44. The first kappa shape index (κ1) is 19.3. The number of nitrogens with zero attached hydrogens (tertiary/aromatic N) is 1. The lowest BCUT2D eigenvalue weighted by Gasteiger charge is -2.40. The van der Waals surface area contributed by atoms with Crippen LogP contribution in [-0.4, -0.2) is 31.9 Å². The first-order chi connectivity index (χ1) is 11.9. The molecule has 1 saturated heterocycles. The Bertz CT molecular complexity index is 618. The predicted octanol–water partition coefficient (Wildman–Crippen LogP) is 3.69. The largest absolute Gasteiger partial charge is 0.497 e. The minimum atomic E-state index is -0.827. The summed E-state index contributed by atoms with van der Waals surface area (Å²) >= 11 is 0. The van der Waals surface area contributed by atoms with Gasteiger partial charge in [-0.3, -0.25) is 4.79 Å². The van der Waals surface area contributed by atoms with Gasteiger partial charge in [-0.25, -0.2) is 0 Å². The van der Waals surface area contributed by atoms with Gasteiger partial charge in [0.05, 0.1) is 25.4 Å². The molecule has 1 fully saturated rings. The molecule has 0 saturated carbocycles. The van der Waals surface area contributed by atoms with E-state index >= 15 is 0 Å². The van der Waals surface area contributed by atoms with Gasteiger partial charge in [-0.15, -0.1) is 0 Å². The van der Waals surface area contributed by atoms with E-state index in [0.717, 1.165) is 24.2 Å². The standard InChI is InChI=1S/C20H27NO4/c1-5-24-19(22)17(13-21)18(14-6-8-16(23-4)9-7-14)15-10-11-25-20(2,3)12-15/h6-9,15,17-18H,5,10-12H2,1-4H3/t15-,17+,18-/m0/s1. The molecule has 0 unspecified atom stereocenters. The first-order valence-corrected chi connectivity index (χ1v) is 8.76. The number of hydrogen-bond donors (Lipinski definition) is 0. The smallest absolute Gasteiger partial charge is 0.323 e. The molecule has 5 heteroatoms. The zero-order chi connectivity index (χ0) is 18.4. The zero-order valence-electron chi connectivity index (χ0n) is 15.5. The minimum Gasteiger partial charge on any atom is -0.497 e. The third-order valence-corrected chi connectivity index (χ3v) is 4.78. The molecular weight excluding hydrogens is 318 g/mol. The molecule has 1 aliphatic heterocycles. The second-order valence-corrected chi connectivity index (χ2v) is 7.02. The van der Waals surface area contributed by atoms with E-state index in [2.05, 4.69) is 19.9 Å². The van der Waals surface area contributed by atoms with Crippen LogP contribution in [-0.2, 0) is 14.3 Å². The van der Waals surface area contributed by atoms with Gasteiger partial charge in [0, 0.05) is 12.5 Å². The van der Waals surface area contributed by atoms with Crippen LogP contribution in [0.2, 0.25) is 0 Å². The Balaban J connectivity index is 2.39. The zero-order valence-corrected chi connectivity index (χ0v) is 15.5. The molecule has 0 N–H and O–H groups in total. The summed E-state index contributed by atoms with van der Waals surface area (Å²) in [5, 5.41) is 9.71. The van der Waals surface area contributed by atoms with Crippen molar-refractivity contribution in [2.75, 3.05) is 20.3 Å². The third kappa shape index (κ3) is 4.73. The second-order valence-electron chi connectivity index (χ2n) is 7.02. The Morgan fingerprint density at radius 3 is 2.60 bits per heavy atom. The van der Waals surface area contributed by atoms with Crippen LogP contribution in [0.1, 0.15) is 45.1 Å². The number of benzene rings is 1. The molecule has 25 heavy (non-hydrogen) atoms. The molecule has 5 nitrogen and oxygen atoms in total. The van der Waals surface area contributed by atoms with Gasteiger partial charge in [0.15, 0.2) is 5.92 Å². The van der Waals surface area contributed by atoms with Gasteiger partial charge in [-0.05, 0) is 57.2 Å². The maximum Gasteiger partial charge on any atom is 0.323 e. The van der Waals surface area contributed by atoms with Crippen LogP contribution in [0.3, 0.4) is 0 Å². The van der Waals surface area contributed by atoms with Crippen molar-refractivity contribution in [3.8, 4) is 11.8 Å². The van der Waals surface area contributed by atoms with Crippen LogP contribution in [0.4, 0.5) is 0 Å². The maximum atomic E-state index is 12.4. The number of methoxy groups -OCH3 is 1. The summed E-state index contributed by atoms with van der Waals surface area (Å²) in [5.41, 5.74) is 0.700. The maximum absolute atomic E-state index is 12.4. The van der Waals surface area contributed by atoms with Crippen LogP contribution in [0.15, 0.2) is 24.3 Å². The van der Waals surface area contributed by atoms with Gasteiger partial charge in [0.2, 0.25) is 0 Å². The molecule has 1 aliphatic rings. The average Bonchev–Trinajstić information content (AvgIpc) is 2.59. The van der Waals surface area contributed by atoms with Gasteiger partial charge in [0.1, 0.15) is 5.75 Å². The number of rotatable bonds is 6. The number of carbonyl (C=O) groups excluding carboxylic acids is 1. The van der Waals surface area contributed by atoms with Crippen molar-refractivity contribution in [3.63, 3.8) is 0 Å². The number of esters is 1. The normalized spacial score (nSPS) is 21.6. The van der Waals surface area contributed by atoms with Crippen molar-refractivity contribution < 1.29 is 19.0 Å². The monoisotopic (exact) mass is 345 g/mol. The van der Waals surface area contributed by atoms with E-state index in [1.165, 1.54) is 0 Å². The van der Waals surface area contributed by atoms with Crippen molar-refractivity contribution in [1.82, 2.24) is 0 Å². The van der Waals surface area contributed by atoms with Gasteiger partial charge in [-0.1, -0.05) is 12.1 Å². The lowest BCUT2D eigenvalue weighted by molar-refractivity contribution is -0.148. The highest BCUT2D eigenvalue weighted by Crippen LogP contribution is 2.42. The number of ether oxygens (including phenoxy) is 3. The number of carbonyl (C=O) groups is 1. The van der Waals surface area contributed by atoms with Gasteiger partial charge >= 0.3 is 5.97 Å². The third-order valence-electron chi connectivity index (χ3n) is 4.78. The SMILES string of the molecule is CCOC(=O)[C@H](C#N)[C@@H](c1ccc(OC)cc1)[C@H]1CCOC(C)(C)C1. The molecule has 0 radical (unpaired) electrons. The van der Waals surface area contributed by atoms with Gasteiger partial charge in [0.25, 0.3) is 0 Å². The van der Waals surface area contributed by atoms with Crippen molar-refractivity contribution >= 4 is 5.97 Å². The van der Waals surface area contributed by atoms with E-state index in [4.69, 9.17) is 14.2 Å². The van der Waals surface area contributed by atoms with Crippen molar-refractivity contribution in [2.24, 2.45) is 11.8 Å². The van der Waals surface area contributed by atoms with Crippen molar-refractivity contribution in [2.45, 2.75) is 45.1 Å². The van der Waals surface area contributed by atoms with Crippen LogP contribution >= 0.6 is 0 Å². The van der Waals surface area contributed by atoms with E-state index in [-0.39, 0.29) is 24.0 Å². The second kappa shape index (κ2) is 8.35. The van der Waals surface area contributed by atoms with Crippen molar-refractivity contribution in [1.29, 1.82) is 5.26 Å². The average molecular weight is 345 g/mol. The minimum absolute atomic E-state index is 0.172. The topological polar surface area (TPSA) is 68.6 Å². The molecule has 1 aromatic rings. The summed E-state index contributed by atoms with van der Waals surface area (Å²) in [5.74, 6) is -0.578. The molecule has 1 aromatic carbocycles. The Morgan fingerprint density at radius 2 is 2.08 bits per heavy atom.